The summed E-state index contributed by atoms with van der Waals surface area (Å²) in [5, 5.41) is 1.18. The molecule has 0 bridgehead atoms. The Hall–Kier alpha value is -12.3. The summed E-state index contributed by atoms with van der Waals surface area (Å²) in [5.74, 6) is 0. The minimum atomic E-state index is -5.34. The van der Waals surface area contributed by atoms with E-state index in [9.17, 15) is 52.7 Å². The fourth-order valence-corrected chi connectivity index (χ4v) is 15.1. The Morgan fingerprint density at radius 3 is 1.00 bits per heavy atom. The zero-order valence-corrected chi connectivity index (χ0v) is 54.5. The topological polar surface area (TPSA) is 11.4 Å². The molecule has 2 aliphatic heterocycles. The molecule has 0 saturated carbocycles. The fourth-order valence-electron chi connectivity index (χ4n) is 15.1. The average molecular weight is 1390 g/mol. The number of benzene rings is 14. The van der Waals surface area contributed by atoms with Gasteiger partial charge >= 0.3 is 24.7 Å². The molecule has 2 aliphatic rings. The van der Waals surface area contributed by atoms with Crippen LogP contribution in [0.1, 0.15) is 22.3 Å². The first-order chi connectivity index (χ1) is 50.1. The number of halogens is 12. The van der Waals surface area contributed by atoms with Crippen LogP contribution in [0.15, 0.2) is 315 Å². The molecule has 3 nitrogen and oxygen atoms in total. The summed E-state index contributed by atoms with van der Waals surface area (Å²) < 4.78 is 178. The first-order valence-electron chi connectivity index (χ1n) is 33.3. The van der Waals surface area contributed by atoms with E-state index < -0.39 is 58.1 Å². The molecule has 1 aromatic heterocycles. The van der Waals surface area contributed by atoms with Gasteiger partial charge < -0.3 is 14.4 Å². The predicted octanol–water partition coefficient (Wildman–Crippen LogP) is 24.6. The van der Waals surface area contributed by atoms with Gasteiger partial charge in [0, 0.05) is 50.5 Å². The van der Waals surface area contributed by atoms with Crippen molar-refractivity contribution in [2.24, 2.45) is 0 Å². The minimum absolute atomic E-state index is 0.0313. The quantitative estimate of drug-likeness (QED) is 0.0999. The molecule has 0 fully saturated rings. The van der Waals surface area contributed by atoms with Crippen molar-refractivity contribution in [3.63, 3.8) is 0 Å². The number of hydrogen-bond donors (Lipinski definition) is 0. The number of nitrogens with zero attached hydrogens (tertiary/aromatic N) is 3. The molecule has 0 radical (unpaired) electrons. The first-order valence-corrected chi connectivity index (χ1v) is 33.3. The minimum Gasteiger partial charge on any atom is -0.311 e. The number of hydrogen-bond acceptors (Lipinski definition) is 2. The van der Waals surface area contributed by atoms with Crippen LogP contribution in [0, 0.1) is 0 Å². The Kier molecular flexibility index (Phi) is 15.5. The summed E-state index contributed by atoms with van der Waals surface area (Å²) in [5.41, 5.74) is 9.92. The molecule has 16 heteroatoms. The van der Waals surface area contributed by atoms with Crippen LogP contribution in [0.4, 0.5) is 86.8 Å². The Bertz CT molecular complexity index is 5510. The van der Waals surface area contributed by atoms with Crippen molar-refractivity contribution in [1.82, 2.24) is 4.57 Å². The summed E-state index contributed by atoms with van der Waals surface area (Å²) >= 11 is 0. The van der Waals surface area contributed by atoms with E-state index >= 15 is 0 Å². The maximum absolute atomic E-state index is 14.9. The van der Waals surface area contributed by atoms with Gasteiger partial charge in [-0.15, -0.1) is 0 Å². The van der Waals surface area contributed by atoms with Gasteiger partial charge in [-0.25, -0.2) is 0 Å². The normalized spacial score (nSPS) is 12.9. The third-order valence-corrected chi connectivity index (χ3v) is 19.7. The van der Waals surface area contributed by atoms with Gasteiger partial charge in [0.05, 0.1) is 39.0 Å². The molecule has 17 rings (SSSR count). The molecule has 0 amide bonds. The molecule has 3 heterocycles. The number of alkyl halides is 12. The van der Waals surface area contributed by atoms with E-state index in [1.807, 2.05) is 103 Å². The predicted molar refractivity (Wildman–Crippen MR) is 393 cm³/mol. The van der Waals surface area contributed by atoms with Crippen LogP contribution in [0.25, 0.3) is 105 Å². The van der Waals surface area contributed by atoms with Crippen LogP contribution in [0.5, 0.6) is 0 Å². The second-order valence-electron chi connectivity index (χ2n) is 26.1. The van der Waals surface area contributed by atoms with E-state index in [1.165, 1.54) is 12.1 Å². The maximum Gasteiger partial charge on any atom is 0.416 e. The van der Waals surface area contributed by atoms with Crippen LogP contribution in [0.3, 0.4) is 0 Å². The van der Waals surface area contributed by atoms with Gasteiger partial charge in [0.25, 0.3) is 6.71 Å². The van der Waals surface area contributed by atoms with Crippen LogP contribution >= 0.6 is 0 Å². The number of anilines is 6. The Balaban J connectivity index is 0.938. The monoisotopic (exact) mass is 1390 g/mol. The summed E-state index contributed by atoms with van der Waals surface area (Å²) in [6, 6.07) is 93.4. The van der Waals surface area contributed by atoms with E-state index in [1.54, 1.807) is 28.8 Å². The van der Waals surface area contributed by atoms with E-state index in [4.69, 9.17) is 0 Å². The standard InChI is InChI=1S/C88H52BF12N3/c90-85(91,92)66-39-63(40-67(51-66)86(93,94)95)57-33-35-78(73(47-57)65-41-68(87(96,97)98)52-69(42-65)88(99,100)101)104-77-30-16-13-27-72(77)74-48-58(34-36-79(74)104)64-49-82-84-83(50-64)103(71-45-61(55-23-9-3-10-24-55)38-62(46-71)56-25-11-4-12-26-56)81-32-18-15-29-76(81)89(84)75-28-14-17-31-80(75)102(82)70-43-59(53-19-5-1-6-20-53)37-60(44-70)54-21-7-2-8-22-54/h1-52H. The van der Waals surface area contributed by atoms with Crippen molar-refractivity contribution in [3.8, 4) is 83.6 Å². The van der Waals surface area contributed by atoms with E-state index in [2.05, 4.69) is 143 Å². The third kappa shape index (κ3) is 11.6. The molecule has 506 valence electrons. The fraction of sp³-hybridized carbons (Fsp3) is 0.0455. The number of aromatic nitrogens is 1. The van der Waals surface area contributed by atoms with Crippen molar-refractivity contribution in [3.05, 3.63) is 338 Å². The molecule has 0 N–H and O–H groups in total. The zero-order chi connectivity index (χ0) is 71.6. The smallest absolute Gasteiger partial charge is 0.311 e. The van der Waals surface area contributed by atoms with E-state index in [0.717, 1.165) is 107 Å². The summed E-state index contributed by atoms with van der Waals surface area (Å²) in [6.07, 6.45) is -21.3. The number of para-hydroxylation sites is 3. The van der Waals surface area contributed by atoms with Gasteiger partial charge in [0.1, 0.15) is 0 Å². The van der Waals surface area contributed by atoms with Crippen LogP contribution in [-0.2, 0) is 24.7 Å². The highest BCUT2D eigenvalue weighted by molar-refractivity contribution is 7.00. The van der Waals surface area contributed by atoms with Crippen molar-refractivity contribution < 1.29 is 52.7 Å². The molecule has 0 spiro atoms. The zero-order valence-electron chi connectivity index (χ0n) is 54.5. The molecule has 0 atom stereocenters. The van der Waals surface area contributed by atoms with Gasteiger partial charge in [-0.2, -0.15) is 52.7 Å². The number of fused-ring (bicyclic) bond motifs is 7. The summed E-state index contributed by atoms with van der Waals surface area (Å²) in [6.45, 7) is -0.309. The molecular weight excluding hydrogens is 1340 g/mol. The molecule has 14 aromatic carbocycles. The molecular formula is C88H52BF12N3. The van der Waals surface area contributed by atoms with Crippen LogP contribution in [0.2, 0.25) is 0 Å². The molecule has 0 saturated heterocycles. The van der Waals surface area contributed by atoms with Crippen molar-refractivity contribution in [2.75, 3.05) is 9.80 Å². The molecule has 15 aromatic rings. The third-order valence-electron chi connectivity index (χ3n) is 19.7. The Morgan fingerprint density at radius 1 is 0.221 bits per heavy atom. The highest BCUT2D eigenvalue weighted by Gasteiger charge is 2.45. The Morgan fingerprint density at radius 2 is 0.567 bits per heavy atom. The van der Waals surface area contributed by atoms with E-state index in [-0.39, 0.29) is 35.7 Å². The van der Waals surface area contributed by atoms with Crippen molar-refractivity contribution in [1.29, 1.82) is 0 Å². The second kappa shape index (κ2) is 24.8. The lowest BCUT2D eigenvalue weighted by atomic mass is 9.33. The van der Waals surface area contributed by atoms with Crippen LogP contribution < -0.4 is 26.2 Å². The average Bonchev–Trinajstić information content (AvgIpc) is 0.782. The SMILES string of the molecule is FC(F)(F)c1cc(-c2ccc(-n3c4ccccc4c4cc(-c5cc6c7c(c5)N(c5cc(-c8ccccc8)cc(-c8ccccc8)c5)c5ccccc5B7c5ccccc5N6c5cc(-c6ccccc6)cc(-c6ccccc6)c5)ccc43)c(-c3cc(C(F)(F)F)cc(C(F)(F)F)c3)c2)cc(C(F)(F)F)c1. The van der Waals surface area contributed by atoms with Gasteiger partial charge in [0.2, 0.25) is 0 Å². The molecule has 0 unspecified atom stereocenters. The number of rotatable bonds is 10. The summed E-state index contributed by atoms with van der Waals surface area (Å²) in [7, 11) is 0. The van der Waals surface area contributed by atoms with Gasteiger partial charge in [-0.3, -0.25) is 0 Å². The van der Waals surface area contributed by atoms with Crippen molar-refractivity contribution in [2.45, 2.75) is 24.7 Å². The van der Waals surface area contributed by atoms with Crippen molar-refractivity contribution >= 4 is 79.0 Å². The maximum atomic E-state index is 14.9. The molecule has 104 heavy (non-hydrogen) atoms. The van der Waals surface area contributed by atoms with Crippen LogP contribution in [-0.4, -0.2) is 11.3 Å². The first kappa shape index (κ1) is 65.0. The van der Waals surface area contributed by atoms with Gasteiger partial charge in [-0.1, -0.05) is 188 Å². The highest BCUT2D eigenvalue weighted by atomic mass is 19.4. The van der Waals surface area contributed by atoms with Gasteiger partial charge in [0.15, 0.2) is 0 Å². The Labute approximate surface area is 589 Å². The highest BCUT2D eigenvalue weighted by Crippen LogP contribution is 2.51. The lowest BCUT2D eigenvalue weighted by molar-refractivity contribution is -0.144. The lowest BCUT2D eigenvalue weighted by Gasteiger charge is -2.44. The summed E-state index contributed by atoms with van der Waals surface area (Å²) in [4.78, 5) is 4.68. The van der Waals surface area contributed by atoms with E-state index in [0.29, 0.717) is 51.6 Å². The lowest BCUT2D eigenvalue weighted by Crippen LogP contribution is -2.61. The largest absolute Gasteiger partial charge is 0.416 e. The molecule has 0 aliphatic carbocycles. The second-order valence-corrected chi connectivity index (χ2v) is 26.1. The van der Waals surface area contributed by atoms with Gasteiger partial charge in [-0.05, 0) is 216 Å².